The molecule has 1 saturated carbocycles. The van der Waals surface area contributed by atoms with Crippen LogP contribution in [0.1, 0.15) is 53.5 Å². The van der Waals surface area contributed by atoms with Crippen LogP contribution in [0.2, 0.25) is 0 Å². The molecule has 1 aromatic carbocycles. The van der Waals surface area contributed by atoms with Gasteiger partial charge in [-0.2, -0.15) is 0 Å². The number of ketones is 1. The van der Waals surface area contributed by atoms with Crippen LogP contribution < -0.4 is 0 Å². The smallest absolute Gasteiger partial charge is 0.339 e. The topological polar surface area (TPSA) is 104 Å². The summed E-state index contributed by atoms with van der Waals surface area (Å²) in [4.78, 5) is 27.6. The molecule has 2 aromatic rings. The van der Waals surface area contributed by atoms with Gasteiger partial charge in [-0.25, -0.2) is 4.79 Å². The number of thiophene rings is 1. The third kappa shape index (κ3) is 4.51. The van der Waals surface area contributed by atoms with E-state index in [0.29, 0.717) is 17.7 Å². The van der Waals surface area contributed by atoms with Crippen molar-refractivity contribution in [2.24, 2.45) is 11.8 Å². The fourth-order valence-electron chi connectivity index (χ4n) is 4.41. The summed E-state index contributed by atoms with van der Waals surface area (Å²) in [5.41, 5.74) is 1.07. The molecule has 0 spiro atoms. The lowest BCUT2D eigenvalue weighted by molar-refractivity contribution is -0.158. The van der Waals surface area contributed by atoms with Crippen molar-refractivity contribution < 1.29 is 29.6 Å². The summed E-state index contributed by atoms with van der Waals surface area (Å²) in [6.45, 7) is 1.54. The number of aliphatic hydroxyl groups excluding tert-OH is 3. The predicted molar refractivity (Wildman–Crippen MR) is 120 cm³/mol. The van der Waals surface area contributed by atoms with Crippen LogP contribution in [0.25, 0.3) is 0 Å². The Morgan fingerprint density at radius 3 is 2.41 bits per heavy atom. The second-order valence-electron chi connectivity index (χ2n) is 8.56. The Morgan fingerprint density at radius 1 is 1.09 bits per heavy atom. The Balaban J connectivity index is 1.63. The second kappa shape index (κ2) is 9.57. The summed E-state index contributed by atoms with van der Waals surface area (Å²) in [6, 6.07) is 13.2. The van der Waals surface area contributed by atoms with Gasteiger partial charge >= 0.3 is 5.97 Å². The summed E-state index contributed by atoms with van der Waals surface area (Å²) >= 11 is 1.28. The Morgan fingerprint density at radius 2 is 1.78 bits per heavy atom. The van der Waals surface area contributed by atoms with E-state index in [2.05, 4.69) is 0 Å². The van der Waals surface area contributed by atoms with Gasteiger partial charge in [0.15, 0.2) is 11.9 Å². The minimum absolute atomic E-state index is 0.0233. The predicted octanol–water partition coefficient (Wildman–Crippen LogP) is 3.84. The number of carbonyl (C=O) groups is 2. The minimum atomic E-state index is -1.01. The van der Waals surface area contributed by atoms with Crippen molar-refractivity contribution in [2.45, 2.75) is 50.7 Å². The number of esters is 1. The highest BCUT2D eigenvalue weighted by molar-refractivity contribution is 7.12. The number of hydrogen-bond donors (Lipinski definition) is 3. The normalized spacial score (nSPS) is 21.9. The van der Waals surface area contributed by atoms with E-state index in [1.54, 1.807) is 12.1 Å². The van der Waals surface area contributed by atoms with Crippen LogP contribution in [-0.4, -0.2) is 39.8 Å². The summed E-state index contributed by atoms with van der Waals surface area (Å²) in [6.07, 6.45) is 0.959. The quantitative estimate of drug-likeness (QED) is 0.495. The van der Waals surface area contributed by atoms with Gasteiger partial charge in [-0.05, 0) is 49.3 Å². The molecule has 1 fully saturated rings. The second-order valence-corrected chi connectivity index (χ2v) is 9.71. The molecule has 1 aromatic heterocycles. The highest BCUT2D eigenvalue weighted by Crippen LogP contribution is 2.50. The number of ether oxygens (including phenoxy) is 1. The summed E-state index contributed by atoms with van der Waals surface area (Å²) < 4.78 is 5.67. The molecule has 32 heavy (non-hydrogen) atoms. The van der Waals surface area contributed by atoms with Gasteiger partial charge in [-0.3, -0.25) is 4.79 Å². The number of cyclic esters (lactones) is 1. The molecule has 1 aliphatic heterocycles. The molecule has 4 rings (SSSR count). The lowest BCUT2D eigenvalue weighted by Gasteiger charge is -2.31. The lowest BCUT2D eigenvalue weighted by atomic mass is 9.83. The molecule has 170 valence electrons. The monoisotopic (exact) mass is 456 g/mol. The van der Waals surface area contributed by atoms with Crippen LogP contribution in [0.3, 0.4) is 0 Å². The van der Waals surface area contributed by atoms with Crippen molar-refractivity contribution in [3.05, 3.63) is 69.1 Å². The molecule has 4 atom stereocenters. The Hall–Kier alpha value is -2.48. The van der Waals surface area contributed by atoms with Crippen molar-refractivity contribution in [2.75, 3.05) is 6.61 Å². The van der Waals surface area contributed by atoms with Crippen molar-refractivity contribution in [1.82, 2.24) is 0 Å². The zero-order valence-corrected chi connectivity index (χ0v) is 18.8. The average molecular weight is 457 g/mol. The van der Waals surface area contributed by atoms with Crippen LogP contribution in [0.15, 0.2) is 53.8 Å². The van der Waals surface area contributed by atoms with E-state index in [1.165, 1.54) is 11.3 Å². The van der Waals surface area contributed by atoms with E-state index in [1.807, 2.05) is 37.3 Å². The van der Waals surface area contributed by atoms with Gasteiger partial charge in [0.2, 0.25) is 5.78 Å². The standard InChI is InChI=1S/C25H28O6S/c1-2-15(12-14-6-4-3-5-7-14)24-23(29)22(28)21(25(30)31-24)20(16-8-9-16)19-11-10-18(32-19)17(27)13-26/h3-7,10-11,15-17,20,24,26-28H,2,8-9,12-13H2,1H3/t15-,17+,20?,24?/m1/s1. The Kier molecular flexibility index (Phi) is 6.79. The van der Waals surface area contributed by atoms with Crippen LogP contribution in [0.4, 0.5) is 0 Å². The van der Waals surface area contributed by atoms with E-state index < -0.39 is 42.2 Å². The molecule has 2 aliphatic rings. The first-order chi connectivity index (χ1) is 15.4. The summed E-state index contributed by atoms with van der Waals surface area (Å²) in [5.74, 6) is -2.23. The molecule has 2 heterocycles. The van der Waals surface area contributed by atoms with E-state index in [0.717, 1.165) is 23.3 Å². The van der Waals surface area contributed by atoms with E-state index in [-0.39, 0.29) is 17.4 Å². The van der Waals surface area contributed by atoms with Crippen LogP contribution in [0.5, 0.6) is 0 Å². The summed E-state index contributed by atoms with van der Waals surface area (Å²) in [5, 5.41) is 30.1. The van der Waals surface area contributed by atoms with Gasteiger partial charge < -0.3 is 20.1 Å². The average Bonchev–Trinajstić information content (AvgIpc) is 3.53. The molecule has 0 amide bonds. The SMILES string of the molecule is CC[C@H](Cc1ccccc1)C1OC(=O)C(C(c2ccc([C@@H](O)CO)s2)C2CC2)=C(O)C1=O. The first kappa shape index (κ1) is 22.7. The highest BCUT2D eigenvalue weighted by Gasteiger charge is 2.47. The van der Waals surface area contributed by atoms with Crippen LogP contribution in [-0.2, 0) is 20.7 Å². The third-order valence-electron chi connectivity index (χ3n) is 6.35. The van der Waals surface area contributed by atoms with Crippen molar-refractivity contribution >= 4 is 23.1 Å². The fourth-order valence-corrected chi connectivity index (χ4v) is 5.60. The van der Waals surface area contributed by atoms with Gasteiger partial charge in [0.1, 0.15) is 6.10 Å². The van der Waals surface area contributed by atoms with Crippen LogP contribution in [0, 0.1) is 11.8 Å². The molecular weight excluding hydrogens is 428 g/mol. The van der Waals surface area contributed by atoms with Crippen LogP contribution >= 0.6 is 11.3 Å². The Bertz CT molecular complexity index is 1010. The summed E-state index contributed by atoms with van der Waals surface area (Å²) in [7, 11) is 0. The molecular formula is C25H28O6S. The number of benzene rings is 1. The Labute approximate surface area is 191 Å². The van der Waals surface area contributed by atoms with Gasteiger partial charge in [0, 0.05) is 21.6 Å². The van der Waals surface area contributed by atoms with Gasteiger partial charge in [-0.1, -0.05) is 37.3 Å². The van der Waals surface area contributed by atoms with Crippen molar-refractivity contribution in [3.8, 4) is 0 Å². The van der Waals surface area contributed by atoms with Gasteiger partial charge in [0.25, 0.3) is 0 Å². The van der Waals surface area contributed by atoms with E-state index in [4.69, 9.17) is 4.74 Å². The van der Waals surface area contributed by atoms with Gasteiger partial charge in [-0.15, -0.1) is 11.3 Å². The molecule has 7 heteroatoms. The molecule has 0 radical (unpaired) electrons. The number of Topliss-reactive ketones (excluding diaryl/α,β-unsaturated/α-hetero) is 1. The maximum atomic E-state index is 13.2. The largest absolute Gasteiger partial charge is 0.504 e. The zero-order valence-electron chi connectivity index (χ0n) is 17.9. The molecule has 1 aliphatic carbocycles. The minimum Gasteiger partial charge on any atom is -0.504 e. The van der Waals surface area contributed by atoms with E-state index >= 15 is 0 Å². The molecule has 6 nitrogen and oxygen atoms in total. The fraction of sp³-hybridized carbons (Fsp3) is 0.440. The number of carbonyl (C=O) groups excluding carboxylic acids is 2. The first-order valence-electron chi connectivity index (χ1n) is 11.0. The van der Waals surface area contributed by atoms with E-state index in [9.17, 15) is 24.9 Å². The van der Waals surface area contributed by atoms with Crippen molar-refractivity contribution in [1.29, 1.82) is 0 Å². The third-order valence-corrected chi connectivity index (χ3v) is 7.62. The maximum Gasteiger partial charge on any atom is 0.339 e. The highest BCUT2D eigenvalue weighted by atomic mass is 32.1. The number of hydrogen-bond acceptors (Lipinski definition) is 7. The first-order valence-corrected chi connectivity index (χ1v) is 11.9. The lowest BCUT2D eigenvalue weighted by Crippen LogP contribution is -2.42. The molecule has 0 bridgehead atoms. The molecule has 3 N–H and O–H groups in total. The number of rotatable bonds is 9. The maximum absolute atomic E-state index is 13.2. The van der Waals surface area contributed by atoms with Crippen molar-refractivity contribution in [3.63, 3.8) is 0 Å². The molecule has 2 unspecified atom stereocenters. The zero-order chi connectivity index (χ0) is 22.8. The molecule has 0 saturated heterocycles. The number of aliphatic hydroxyl groups is 3. The van der Waals surface area contributed by atoms with Gasteiger partial charge in [0.05, 0.1) is 12.2 Å².